The third-order valence-corrected chi connectivity index (χ3v) is 4.28. The number of para-hydroxylation sites is 1. The SMILES string of the molecule is CNCc1c(CN2CCC(COC)C2)oc2ccccc12. The Morgan fingerprint density at radius 2 is 2.24 bits per heavy atom. The first-order valence-corrected chi connectivity index (χ1v) is 7.67. The van der Waals surface area contributed by atoms with E-state index in [0.717, 1.165) is 44.1 Å². The monoisotopic (exact) mass is 288 g/mol. The van der Waals surface area contributed by atoms with Crippen LogP contribution in [0.5, 0.6) is 0 Å². The average Bonchev–Trinajstić information content (AvgIpc) is 3.06. The molecule has 0 spiro atoms. The van der Waals surface area contributed by atoms with Crippen LogP contribution < -0.4 is 5.32 Å². The van der Waals surface area contributed by atoms with Gasteiger partial charge in [0.25, 0.3) is 0 Å². The predicted molar refractivity (Wildman–Crippen MR) is 84.2 cm³/mol. The van der Waals surface area contributed by atoms with Crippen LogP contribution in [0.1, 0.15) is 17.7 Å². The average molecular weight is 288 g/mol. The number of nitrogens with one attached hydrogen (secondary N) is 1. The quantitative estimate of drug-likeness (QED) is 0.886. The molecule has 1 saturated heterocycles. The van der Waals surface area contributed by atoms with Crippen LogP contribution >= 0.6 is 0 Å². The molecule has 3 rings (SSSR count). The Morgan fingerprint density at radius 1 is 1.38 bits per heavy atom. The van der Waals surface area contributed by atoms with Gasteiger partial charge in [0.2, 0.25) is 0 Å². The number of ether oxygens (including phenoxy) is 1. The summed E-state index contributed by atoms with van der Waals surface area (Å²) in [6, 6.07) is 8.30. The van der Waals surface area contributed by atoms with E-state index in [1.165, 1.54) is 17.4 Å². The lowest BCUT2D eigenvalue weighted by Gasteiger charge is -2.15. The molecule has 114 valence electrons. The summed E-state index contributed by atoms with van der Waals surface area (Å²) in [5.74, 6) is 1.76. The molecule has 0 saturated carbocycles. The van der Waals surface area contributed by atoms with Gasteiger partial charge in [-0.2, -0.15) is 0 Å². The minimum Gasteiger partial charge on any atom is -0.459 e. The molecule has 1 aliphatic heterocycles. The number of likely N-dealkylation sites (tertiary alicyclic amines) is 1. The molecule has 2 heterocycles. The zero-order chi connectivity index (χ0) is 14.7. The predicted octanol–water partition coefficient (Wildman–Crippen LogP) is 2.62. The number of nitrogens with zero attached hydrogens (tertiary/aromatic N) is 1. The number of fused-ring (bicyclic) bond motifs is 1. The molecule has 2 aromatic rings. The summed E-state index contributed by atoms with van der Waals surface area (Å²) in [5, 5.41) is 4.49. The van der Waals surface area contributed by atoms with Gasteiger partial charge in [-0.05, 0) is 32.0 Å². The first-order valence-electron chi connectivity index (χ1n) is 7.67. The maximum Gasteiger partial charge on any atom is 0.134 e. The van der Waals surface area contributed by atoms with E-state index in [1.807, 2.05) is 13.1 Å². The number of furan rings is 1. The number of hydrogen-bond acceptors (Lipinski definition) is 4. The molecule has 1 aromatic heterocycles. The van der Waals surface area contributed by atoms with Gasteiger partial charge in [0, 0.05) is 31.1 Å². The summed E-state index contributed by atoms with van der Waals surface area (Å²) in [6.45, 7) is 4.83. The van der Waals surface area contributed by atoms with Gasteiger partial charge in [-0.25, -0.2) is 0 Å². The van der Waals surface area contributed by atoms with Crippen LogP contribution in [0.25, 0.3) is 11.0 Å². The summed E-state index contributed by atoms with van der Waals surface area (Å²) in [5.41, 5.74) is 2.29. The van der Waals surface area contributed by atoms with E-state index < -0.39 is 0 Å². The van der Waals surface area contributed by atoms with Crippen LogP contribution in [0.2, 0.25) is 0 Å². The maximum absolute atomic E-state index is 6.10. The molecule has 1 N–H and O–H groups in total. The highest BCUT2D eigenvalue weighted by Crippen LogP contribution is 2.28. The first-order chi connectivity index (χ1) is 10.3. The Morgan fingerprint density at radius 3 is 3.05 bits per heavy atom. The van der Waals surface area contributed by atoms with Crippen molar-refractivity contribution in [2.75, 3.05) is 33.9 Å². The van der Waals surface area contributed by atoms with E-state index in [1.54, 1.807) is 7.11 Å². The van der Waals surface area contributed by atoms with Crippen LogP contribution in [0.3, 0.4) is 0 Å². The molecule has 0 aliphatic carbocycles. The molecule has 0 bridgehead atoms. The third-order valence-electron chi connectivity index (χ3n) is 4.28. The highest BCUT2D eigenvalue weighted by atomic mass is 16.5. The van der Waals surface area contributed by atoms with Gasteiger partial charge in [0.1, 0.15) is 11.3 Å². The van der Waals surface area contributed by atoms with Crippen molar-refractivity contribution < 1.29 is 9.15 Å². The van der Waals surface area contributed by atoms with E-state index in [0.29, 0.717) is 5.92 Å². The zero-order valence-electron chi connectivity index (χ0n) is 12.9. The highest BCUT2D eigenvalue weighted by molar-refractivity contribution is 5.82. The van der Waals surface area contributed by atoms with Gasteiger partial charge >= 0.3 is 0 Å². The van der Waals surface area contributed by atoms with Crippen molar-refractivity contribution >= 4 is 11.0 Å². The maximum atomic E-state index is 6.10. The second kappa shape index (κ2) is 6.60. The Labute approximate surface area is 126 Å². The topological polar surface area (TPSA) is 37.6 Å². The fourth-order valence-electron chi connectivity index (χ4n) is 3.28. The van der Waals surface area contributed by atoms with E-state index in [9.17, 15) is 0 Å². The molecule has 4 nitrogen and oxygen atoms in total. The summed E-state index contributed by atoms with van der Waals surface area (Å²) in [7, 11) is 3.77. The van der Waals surface area contributed by atoms with Crippen molar-refractivity contribution in [3.8, 4) is 0 Å². The minimum absolute atomic E-state index is 0.659. The second-order valence-corrected chi connectivity index (χ2v) is 5.88. The van der Waals surface area contributed by atoms with Crippen molar-refractivity contribution in [1.29, 1.82) is 0 Å². The highest BCUT2D eigenvalue weighted by Gasteiger charge is 2.24. The number of hydrogen-bond donors (Lipinski definition) is 1. The number of benzene rings is 1. The Kier molecular flexibility index (Phi) is 4.58. The van der Waals surface area contributed by atoms with Crippen LogP contribution in [-0.2, 0) is 17.8 Å². The third kappa shape index (κ3) is 3.12. The molecule has 1 atom stereocenters. The Balaban J connectivity index is 1.78. The van der Waals surface area contributed by atoms with Crippen molar-refractivity contribution in [2.24, 2.45) is 5.92 Å². The molecule has 21 heavy (non-hydrogen) atoms. The van der Waals surface area contributed by atoms with Crippen molar-refractivity contribution in [3.05, 3.63) is 35.6 Å². The molecular weight excluding hydrogens is 264 g/mol. The van der Waals surface area contributed by atoms with Crippen molar-refractivity contribution in [3.63, 3.8) is 0 Å². The first kappa shape index (κ1) is 14.6. The van der Waals surface area contributed by atoms with E-state index in [2.05, 4.69) is 28.4 Å². The molecule has 0 amide bonds. The van der Waals surface area contributed by atoms with Gasteiger partial charge in [-0.1, -0.05) is 18.2 Å². The van der Waals surface area contributed by atoms with Gasteiger partial charge in [-0.3, -0.25) is 4.90 Å². The summed E-state index contributed by atoms with van der Waals surface area (Å²) >= 11 is 0. The molecule has 1 aliphatic rings. The molecule has 0 radical (unpaired) electrons. The van der Waals surface area contributed by atoms with Crippen molar-refractivity contribution in [2.45, 2.75) is 19.5 Å². The summed E-state index contributed by atoms with van der Waals surface area (Å²) in [4.78, 5) is 2.47. The van der Waals surface area contributed by atoms with E-state index in [4.69, 9.17) is 9.15 Å². The fourth-order valence-corrected chi connectivity index (χ4v) is 3.28. The van der Waals surface area contributed by atoms with Gasteiger partial charge in [0.15, 0.2) is 0 Å². The lowest BCUT2D eigenvalue weighted by molar-refractivity contribution is 0.151. The lowest BCUT2D eigenvalue weighted by Crippen LogP contribution is -2.22. The van der Waals surface area contributed by atoms with Gasteiger partial charge in [-0.15, -0.1) is 0 Å². The number of rotatable bonds is 6. The van der Waals surface area contributed by atoms with Crippen LogP contribution in [0.15, 0.2) is 28.7 Å². The molecule has 1 unspecified atom stereocenters. The largest absolute Gasteiger partial charge is 0.459 e. The smallest absolute Gasteiger partial charge is 0.134 e. The fraction of sp³-hybridized carbons (Fsp3) is 0.529. The normalized spacial score (nSPS) is 19.6. The van der Waals surface area contributed by atoms with Gasteiger partial charge in [0.05, 0.1) is 13.2 Å². The summed E-state index contributed by atoms with van der Waals surface area (Å²) in [6.07, 6.45) is 1.22. The van der Waals surface area contributed by atoms with Crippen LogP contribution in [0.4, 0.5) is 0 Å². The zero-order valence-corrected chi connectivity index (χ0v) is 12.9. The lowest BCUT2D eigenvalue weighted by atomic mass is 10.1. The van der Waals surface area contributed by atoms with Crippen LogP contribution in [-0.4, -0.2) is 38.8 Å². The second-order valence-electron chi connectivity index (χ2n) is 5.88. The van der Waals surface area contributed by atoms with Gasteiger partial charge < -0.3 is 14.5 Å². The minimum atomic E-state index is 0.659. The van der Waals surface area contributed by atoms with Crippen molar-refractivity contribution in [1.82, 2.24) is 10.2 Å². The van der Waals surface area contributed by atoms with Crippen LogP contribution in [0, 0.1) is 5.92 Å². The number of methoxy groups -OCH3 is 1. The molecule has 4 heteroatoms. The molecule has 1 fully saturated rings. The summed E-state index contributed by atoms with van der Waals surface area (Å²) < 4.78 is 11.4. The standard InChI is InChI=1S/C17H24N2O2/c1-18-9-15-14-5-3-4-6-16(14)21-17(15)11-19-8-7-13(10-19)12-20-2/h3-6,13,18H,7-12H2,1-2H3. The van der Waals surface area contributed by atoms with E-state index >= 15 is 0 Å². The van der Waals surface area contributed by atoms with E-state index in [-0.39, 0.29) is 0 Å². The Hall–Kier alpha value is -1.36. The molecule has 1 aromatic carbocycles. The Bertz CT molecular complexity index is 593. The molecular formula is C17H24N2O2.